The second-order valence-corrected chi connectivity index (χ2v) is 7.04. The van der Waals surface area contributed by atoms with Crippen LogP contribution < -0.4 is 0 Å². The maximum absolute atomic E-state index is 12.6. The largest absolute Gasteiger partial charge is 0.340 e. The molecule has 0 unspecified atom stereocenters. The number of rotatable bonds is 5. The molecule has 144 valence electrons. The van der Waals surface area contributed by atoms with Crippen molar-refractivity contribution in [1.82, 2.24) is 30.0 Å². The minimum Gasteiger partial charge on any atom is -0.340 e. The average Bonchev–Trinajstić information content (AvgIpc) is 3.15. The van der Waals surface area contributed by atoms with E-state index < -0.39 is 0 Å². The first-order chi connectivity index (χ1) is 13.7. The first-order valence-electron chi connectivity index (χ1n) is 9.55. The Morgan fingerprint density at radius 2 is 1.50 bits per heavy atom. The van der Waals surface area contributed by atoms with E-state index in [0.717, 1.165) is 13.1 Å². The minimum absolute atomic E-state index is 0.0773. The Morgan fingerprint density at radius 3 is 2.00 bits per heavy atom. The predicted octanol–water partition coefficient (Wildman–Crippen LogP) is 1.69. The number of tetrazole rings is 1. The van der Waals surface area contributed by atoms with Crippen LogP contribution in [0.25, 0.3) is 0 Å². The number of piperazine rings is 1. The van der Waals surface area contributed by atoms with Crippen LogP contribution in [-0.2, 0) is 18.3 Å². The molecule has 0 saturated carbocycles. The van der Waals surface area contributed by atoms with Gasteiger partial charge in [0.05, 0.1) is 12.5 Å². The molecule has 0 spiro atoms. The van der Waals surface area contributed by atoms with Crippen LogP contribution in [0.3, 0.4) is 0 Å². The number of hydrogen-bond acceptors (Lipinski definition) is 5. The van der Waals surface area contributed by atoms with E-state index in [2.05, 4.69) is 69.0 Å². The first kappa shape index (κ1) is 18.3. The summed E-state index contributed by atoms with van der Waals surface area (Å²) in [7, 11) is 1.75. The second kappa shape index (κ2) is 8.31. The van der Waals surface area contributed by atoms with Gasteiger partial charge in [0, 0.05) is 33.2 Å². The first-order valence-corrected chi connectivity index (χ1v) is 9.55. The van der Waals surface area contributed by atoms with Crippen LogP contribution in [0.5, 0.6) is 0 Å². The quantitative estimate of drug-likeness (QED) is 0.678. The summed E-state index contributed by atoms with van der Waals surface area (Å²) in [6, 6.07) is 21.3. The Morgan fingerprint density at radius 1 is 0.929 bits per heavy atom. The standard InChI is InChI=1S/C21H24N6O/c1-25-19(22-23-24-25)16-20(28)26-12-14-27(15-13-26)21(17-8-4-2-5-9-17)18-10-6-3-7-11-18/h2-11,21H,12-16H2,1H3. The molecule has 2 aromatic carbocycles. The van der Waals surface area contributed by atoms with Crippen LogP contribution in [0, 0.1) is 0 Å². The van der Waals surface area contributed by atoms with E-state index in [1.165, 1.54) is 11.1 Å². The smallest absolute Gasteiger partial charge is 0.230 e. The van der Waals surface area contributed by atoms with Crippen molar-refractivity contribution < 1.29 is 4.79 Å². The number of aromatic nitrogens is 4. The molecule has 7 nitrogen and oxygen atoms in total. The number of carbonyl (C=O) groups excluding carboxylic acids is 1. The van der Waals surface area contributed by atoms with Crippen LogP contribution in [-0.4, -0.2) is 62.1 Å². The zero-order chi connectivity index (χ0) is 19.3. The highest BCUT2D eigenvalue weighted by atomic mass is 16.2. The number of amides is 1. The summed E-state index contributed by atoms with van der Waals surface area (Å²) in [5, 5.41) is 11.3. The van der Waals surface area contributed by atoms with Crippen molar-refractivity contribution in [1.29, 1.82) is 0 Å². The third-order valence-corrected chi connectivity index (χ3v) is 5.28. The fourth-order valence-electron chi connectivity index (χ4n) is 3.76. The summed E-state index contributed by atoms with van der Waals surface area (Å²) in [5.74, 6) is 0.674. The molecule has 0 bridgehead atoms. The maximum Gasteiger partial charge on any atom is 0.230 e. The molecule has 1 amide bonds. The molecule has 1 saturated heterocycles. The SMILES string of the molecule is Cn1nnnc1CC(=O)N1CCN(C(c2ccccc2)c2ccccc2)CC1. The molecule has 1 aromatic heterocycles. The molecular weight excluding hydrogens is 352 g/mol. The van der Waals surface area contributed by atoms with E-state index in [0.29, 0.717) is 18.9 Å². The highest BCUT2D eigenvalue weighted by molar-refractivity contribution is 5.78. The van der Waals surface area contributed by atoms with Gasteiger partial charge in [0.25, 0.3) is 0 Å². The Kier molecular flexibility index (Phi) is 5.43. The minimum atomic E-state index is 0.0773. The van der Waals surface area contributed by atoms with Crippen LogP contribution in [0.4, 0.5) is 0 Å². The van der Waals surface area contributed by atoms with Gasteiger partial charge in [-0.05, 0) is 21.6 Å². The molecule has 0 aliphatic carbocycles. The topological polar surface area (TPSA) is 67.2 Å². The van der Waals surface area contributed by atoms with Crippen molar-refractivity contribution in [3.8, 4) is 0 Å². The second-order valence-electron chi connectivity index (χ2n) is 7.04. The van der Waals surface area contributed by atoms with Gasteiger partial charge in [-0.25, -0.2) is 4.68 Å². The van der Waals surface area contributed by atoms with Crippen LogP contribution in [0.15, 0.2) is 60.7 Å². The zero-order valence-corrected chi connectivity index (χ0v) is 16.0. The lowest BCUT2D eigenvalue weighted by Crippen LogP contribution is -2.50. The summed E-state index contributed by atoms with van der Waals surface area (Å²) in [6.07, 6.45) is 0.240. The van der Waals surface area contributed by atoms with Gasteiger partial charge >= 0.3 is 0 Å². The molecule has 0 N–H and O–H groups in total. The van der Waals surface area contributed by atoms with Crippen LogP contribution in [0.2, 0.25) is 0 Å². The molecule has 28 heavy (non-hydrogen) atoms. The average molecular weight is 376 g/mol. The van der Waals surface area contributed by atoms with Gasteiger partial charge in [-0.15, -0.1) is 5.10 Å². The van der Waals surface area contributed by atoms with Gasteiger partial charge in [-0.3, -0.25) is 9.69 Å². The van der Waals surface area contributed by atoms with Crippen molar-refractivity contribution >= 4 is 5.91 Å². The van der Waals surface area contributed by atoms with E-state index in [1.807, 2.05) is 17.0 Å². The van der Waals surface area contributed by atoms with Gasteiger partial charge in [0.1, 0.15) is 0 Å². The highest BCUT2D eigenvalue weighted by Gasteiger charge is 2.28. The van der Waals surface area contributed by atoms with E-state index in [9.17, 15) is 4.79 Å². The molecular formula is C21H24N6O. The van der Waals surface area contributed by atoms with Gasteiger partial charge in [0.2, 0.25) is 5.91 Å². The lowest BCUT2D eigenvalue weighted by Gasteiger charge is -2.39. The summed E-state index contributed by atoms with van der Waals surface area (Å²) in [6.45, 7) is 3.08. The normalized spacial score (nSPS) is 15.1. The summed E-state index contributed by atoms with van der Waals surface area (Å²) >= 11 is 0. The molecule has 0 atom stereocenters. The summed E-state index contributed by atoms with van der Waals surface area (Å²) in [5.41, 5.74) is 2.55. The fraction of sp³-hybridized carbons (Fsp3) is 0.333. The maximum atomic E-state index is 12.6. The van der Waals surface area contributed by atoms with E-state index in [-0.39, 0.29) is 18.4 Å². The Balaban J connectivity index is 1.46. The van der Waals surface area contributed by atoms with Crippen molar-refractivity contribution in [2.75, 3.05) is 26.2 Å². The van der Waals surface area contributed by atoms with Gasteiger partial charge in [-0.1, -0.05) is 60.7 Å². The van der Waals surface area contributed by atoms with Crippen LogP contribution >= 0.6 is 0 Å². The lowest BCUT2D eigenvalue weighted by molar-refractivity contribution is -0.132. The molecule has 3 aromatic rings. The fourth-order valence-corrected chi connectivity index (χ4v) is 3.76. The molecule has 1 aliphatic heterocycles. The molecule has 1 fully saturated rings. The van der Waals surface area contributed by atoms with Crippen molar-refractivity contribution in [2.45, 2.75) is 12.5 Å². The highest BCUT2D eigenvalue weighted by Crippen LogP contribution is 2.29. The zero-order valence-electron chi connectivity index (χ0n) is 16.0. The predicted molar refractivity (Wildman–Crippen MR) is 105 cm³/mol. The molecule has 4 rings (SSSR count). The lowest BCUT2D eigenvalue weighted by atomic mass is 9.96. The van der Waals surface area contributed by atoms with Gasteiger partial charge in [-0.2, -0.15) is 0 Å². The molecule has 0 radical (unpaired) electrons. The van der Waals surface area contributed by atoms with E-state index >= 15 is 0 Å². The molecule has 7 heteroatoms. The van der Waals surface area contributed by atoms with Gasteiger partial charge in [0.15, 0.2) is 5.82 Å². The molecule has 2 heterocycles. The van der Waals surface area contributed by atoms with Crippen molar-refractivity contribution in [3.05, 3.63) is 77.6 Å². The number of carbonyl (C=O) groups is 1. The van der Waals surface area contributed by atoms with Crippen molar-refractivity contribution in [2.24, 2.45) is 7.05 Å². The van der Waals surface area contributed by atoms with Crippen molar-refractivity contribution in [3.63, 3.8) is 0 Å². The summed E-state index contributed by atoms with van der Waals surface area (Å²) < 4.78 is 1.55. The Hall–Kier alpha value is -3.06. The van der Waals surface area contributed by atoms with E-state index in [1.54, 1.807) is 11.7 Å². The number of hydrogen-bond donors (Lipinski definition) is 0. The number of nitrogens with zero attached hydrogens (tertiary/aromatic N) is 6. The van der Waals surface area contributed by atoms with Gasteiger partial charge < -0.3 is 4.90 Å². The molecule has 1 aliphatic rings. The third kappa shape index (κ3) is 3.94. The summed E-state index contributed by atoms with van der Waals surface area (Å²) in [4.78, 5) is 17.0. The Labute approximate surface area is 164 Å². The number of benzene rings is 2. The third-order valence-electron chi connectivity index (χ3n) is 5.28. The number of aryl methyl sites for hydroxylation is 1. The monoisotopic (exact) mass is 376 g/mol. The van der Waals surface area contributed by atoms with Crippen LogP contribution in [0.1, 0.15) is 23.0 Å². The van der Waals surface area contributed by atoms with E-state index in [4.69, 9.17) is 0 Å². The Bertz CT molecular complexity index is 863.